The van der Waals surface area contributed by atoms with Gasteiger partial charge in [0.25, 0.3) is 5.56 Å². The molecule has 0 unspecified atom stereocenters. The Balaban J connectivity index is 1.59. The Morgan fingerprint density at radius 1 is 1.11 bits per heavy atom. The molecule has 7 nitrogen and oxygen atoms in total. The molecular weight excluding hydrogens is 356 g/mol. The fourth-order valence-electron chi connectivity index (χ4n) is 2.71. The molecule has 0 radical (unpaired) electrons. The molecule has 7 heteroatoms. The standard InChI is InChI=1S/C21H20N4O3/c1-15(26)16-5-2-7-18(13-16)23-20(27)8-4-12-25-21(28)10-9-19(24-25)17-6-3-11-22-14-17/h2-3,5-7,9-11,13-14H,4,8,12H2,1H3,(H,23,27). The Kier molecular flexibility index (Phi) is 6.06. The van der Waals surface area contributed by atoms with Crippen molar-refractivity contribution in [2.45, 2.75) is 26.3 Å². The molecule has 2 heterocycles. The molecule has 142 valence electrons. The zero-order chi connectivity index (χ0) is 19.9. The minimum atomic E-state index is -0.220. The van der Waals surface area contributed by atoms with Gasteiger partial charge in [-0.2, -0.15) is 5.10 Å². The summed E-state index contributed by atoms with van der Waals surface area (Å²) < 4.78 is 1.35. The number of amides is 1. The number of rotatable bonds is 7. The van der Waals surface area contributed by atoms with Crippen LogP contribution in [0.5, 0.6) is 0 Å². The van der Waals surface area contributed by atoms with Crippen molar-refractivity contribution in [3.63, 3.8) is 0 Å². The SMILES string of the molecule is CC(=O)c1cccc(NC(=O)CCCn2nc(-c3cccnc3)ccc2=O)c1. The van der Waals surface area contributed by atoms with E-state index in [-0.39, 0.29) is 23.7 Å². The van der Waals surface area contributed by atoms with Gasteiger partial charge in [-0.05, 0) is 43.7 Å². The lowest BCUT2D eigenvalue weighted by atomic mass is 10.1. The van der Waals surface area contributed by atoms with Crippen LogP contribution in [-0.4, -0.2) is 26.5 Å². The van der Waals surface area contributed by atoms with Crippen LogP contribution in [-0.2, 0) is 11.3 Å². The summed E-state index contributed by atoms with van der Waals surface area (Å²) in [5.41, 5.74) is 2.37. The maximum Gasteiger partial charge on any atom is 0.266 e. The molecule has 1 N–H and O–H groups in total. The maximum absolute atomic E-state index is 12.1. The third kappa shape index (κ3) is 4.97. The van der Waals surface area contributed by atoms with E-state index in [1.165, 1.54) is 17.7 Å². The van der Waals surface area contributed by atoms with E-state index in [4.69, 9.17) is 0 Å². The third-order valence-corrected chi connectivity index (χ3v) is 4.15. The molecule has 1 amide bonds. The van der Waals surface area contributed by atoms with Crippen LogP contribution >= 0.6 is 0 Å². The average Bonchev–Trinajstić information content (AvgIpc) is 2.70. The highest BCUT2D eigenvalue weighted by atomic mass is 16.2. The predicted octanol–water partition coefficient (Wildman–Crippen LogP) is 2.93. The summed E-state index contributed by atoms with van der Waals surface area (Å²) in [5, 5.41) is 7.12. The largest absolute Gasteiger partial charge is 0.326 e. The van der Waals surface area contributed by atoms with Gasteiger partial charge in [0.1, 0.15) is 0 Å². The van der Waals surface area contributed by atoms with E-state index in [1.807, 2.05) is 6.07 Å². The summed E-state index contributed by atoms with van der Waals surface area (Å²) in [4.78, 5) is 39.6. The molecule has 0 aliphatic rings. The van der Waals surface area contributed by atoms with Crippen molar-refractivity contribution in [3.8, 4) is 11.3 Å². The summed E-state index contributed by atoms with van der Waals surface area (Å²) in [5.74, 6) is -0.243. The van der Waals surface area contributed by atoms with Gasteiger partial charge in [-0.3, -0.25) is 19.4 Å². The number of anilines is 1. The van der Waals surface area contributed by atoms with Crippen molar-refractivity contribution in [2.24, 2.45) is 0 Å². The number of benzene rings is 1. The van der Waals surface area contributed by atoms with E-state index < -0.39 is 0 Å². The molecule has 1 aromatic carbocycles. The smallest absolute Gasteiger partial charge is 0.266 e. The normalized spacial score (nSPS) is 10.5. The van der Waals surface area contributed by atoms with Crippen LogP contribution in [0.2, 0.25) is 0 Å². The third-order valence-electron chi connectivity index (χ3n) is 4.15. The first-order valence-corrected chi connectivity index (χ1v) is 8.92. The predicted molar refractivity (Wildman–Crippen MR) is 106 cm³/mol. The summed E-state index contributed by atoms with van der Waals surface area (Å²) in [6.45, 7) is 1.80. The lowest BCUT2D eigenvalue weighted by Crippen LogP contribution is -2.23. The molecule has 2 aromatic heterocycles. The van der Waals surface area contributed by atoms with E-state index in [0.717, 1.165) is 5.56 Å². The van der Waals surface area contributed by atoms with Crippen molar-refractivity contribution in [1.82, 2.24) is 14.8 Å². The summed E-state index contributed by atoms with van der Waals surface area (Å²) in [6, 6.07) is 13.6. The quantitative estimate of drug-likeness (QED) is 0.640. The van der Waals surface area contributed by atoms with E-state index in [1.54, 1.807) is 48.8 Å². The van der Waals surface area contributed by atoms with E-state index in [0.29, 0.717) is 29.9 Å². The zero-order valence-corrected chi connectivity index (χ0v) is 15.5. The number of hydrogen-bond acceptors (Lipinski definition) is 5. The van der Waals surface area contributed by atoms with Crippen LogP contribution < -0.4 is 10.9 Å². The molecule has 0 bridgehead atoms. The van der Waals surface area contributed by atoms with Gasteiger partial charge < -0.3 is 5.32 Å². The molecule has 0 aliphatic carbocycles. The first-order valence-electron chi connectivity index (χ1n) is 8.92. The molecule has 0 aliphatic heterocycles. The highest BCUT2D eigenvalue weighted by molar-refractivity contribution is 5.97. The molecule has 28 heavy (non-hydrogen) atoms. The second-order valence-electron chi connectivity index (χ2n) is 6.31. The zero-order valence-electron chi connectivity index (χ0n) is 15.5. The number of Topliss-reactive ketones (excluding diaryl/α,β-unsaturated/α-hetero) is 1. The number of hydrogen-bond donors (Lipinski definition) is 1. The molecule has 0 fully saturated rings. The minimum absolute atomic E-state index is 0.0601. The number of aromatic nitrogens is 3. The highest BCUT2D eigenvalue weighted by Gasteiger charge is 2.07. The molecule has 0 saturated carbocycles. The van der Waals surface area contributed by atoms with Gasteiger partial charge in [0.15, 0.2) is 5.78 Å². The van der Waals surface area contributed by atoms with Gasteiger partial charge in [-0.1, -0.05) is 12.1 Å². The molecular formula is C21H20N4O3. The van der Waals surface area contributed by atoms with E-state index in [9.17, 15) is 14.4 Å². The van der Waals surface area contributed by atoms with Gasteiger partial charge >= 0.3 is 0 Å². The monoisotopic (exact) mass is 376 g/mol. The van der Waals surface area contributed by atoms with E-state index >= 15 is 0 Å². The van der Waals surface area contributed by atoms with Gasteiger partial charge in [0.05, 0.1) is 5.69 Å². The summed E-state index contributed by atoms with van der Waals surface area (Å²) in [7, 11) is 0. The topological polar surface area (TPSA) is 93.9 Å². The van der Waals surface area contributed by atoms with Crippen molar-refractivity contribution >= 4 is 17.4 Å². The molecule has 3 aromatic rings. The number of ketones is 1. The van der Waals surface area contributed by atoms with Gasteiger partial charge in [0, 0.05) is 48.2 Å². The van der Waals surface area contributed by atoms with Crippen LogP contribution in [0.25, 0.3) is 11.3 Å². The lowest BCUT2D eigenvalue weighted by Gasteiger charge is -2.08. The van der Waals surface area contributed by atoms with Crippen LogP contribution in [0.1, 0.15) is 30.1 Å². The van der Waals surface area contributed by atoms with Crippen molar-refractivity contribution in [3.05, 3.63) is 76.8 Å². The average molecular weight is 376 g/mol. The Morgan fingerprint density at radius 2 is 1.96 bits per heavy atom. The second kappa shape index (κ2) is 8.85. The van der Waals surface area contributed by atoms with Crippen LogP contribution in [0.3, 0.4) is 0 Å². The minimum Gasteiger partial charge on any atom is -0.326 e. The van der Waals surface area contributed by atoms with Crippen LogP contribution in [0.4, 0.5) is 5.69 Å². The van der Waals surface area contributed by atoms with Gasteiger partial charge in [0.2, 0.25) is 5.91 Å². The molecule has 3 rings (SSSR count). The first kappa shape index (κ1) is 19.2. The lowest BCUT2D eigenvalue weighted by molar-refractivity contribution is -0.116. The maximum atomic E-state index is 12.1. The van der Waals surface area contributed by atoms with Crippen LogP contribution in [0.15, 0.2) is 65.7 Å². The fraction of sp³-hybridized carbons (Fsp3) is 0.190. The first-order chi connectivity index (χ1) is 13.5. The van der Waals surface area contributed by atoms with Gasteiger partial charge in [-0.25, -0.2) is 4.68 Å². The van der Waals surface area contributed by atoms with Crippen molar-refractivity contribution in [1.29, 1.82) is 0 Å². The Hall–Kier alpha value is -3.61. The van der Waals surface area contributed by atoms with Gasteiger partial charge in [-0.15, -0.1) is 0 Å². The number of carbonyl (C=O) groups excluding carboxylic acids is 2. The second-order valence-corrected chi connectivity index (χ2v) is 6.31. The Morgan fingerprint density at radius 3 is 2.71 bits per heavy atom. The Labute approximate surface area is 162 Å². The van der Waals surface area contributed by atoms with Crippen molar-refractivity contribution < 1.29 is 9.59 Å². The number of carbonyl (C=O) groups is 2. The number of nitrogens with zero attached hydrogens (tertiary/aromatic N) is 3. The number of aryl methyl sites for hydroxylation is 1. The molecule has 0 saturated heterocycles. The van der Waals surface area contributed by atoms with Crippen molar-refractivity contribution in [2.75, 3.05) is 5.32 Å². The molecule has 0 spiro atoms. The Bertz CT molecular complexity index is 1040. The fourth-order valence-corrected chi connectivity index (χ4v) is 2.71. The summed E-state index contributed by atoms with van der Waals surface area (Å²) >= 11 is 0. The summed E-state index contributed by atoms with van der Waals surface area (Å²) in [6.07, 6.45) is 4.04. The van der Waals surface area contributed by atoms with E-state index in [2.05, 4.69) is 15.4 Å². The van der Waals surface area contributed by atoms with Crippen LogP contribution in [0, 0.1) is 0 Å². The number of nitrogens with one attached hydrogen (secondary N) is 1. The molecule has 0 atom stereocenters. The number of pyridine rings is 1. The highest BCUT2D eigenvalue weighted by Crippen LogP contribution is 2.14.